The van der Waals surface area contributed by atoms with Gasteiger partial charge in [0.05, 0.1) is 16.3 Å². The van der Waals surface area contributed by atoms with Crippen LogP contribution in [-0.4, -0.2) is 17.4 Å². The number of hydrogen-bond acceptors (Lipinski definition) is 3. The molecule has 2 aromatic rings. The number of carbonyl (C=O) groups excluding carboxylic acids is 1. The fourth-order valence-corrected chi connectivity index (χ4v) is 2.47. The van der Waals surface area contributed by atoms with Gasteiger partial charge < -0.3 is 10.6 Å². The third kappa shape index (κ3) is 4.19. The van der Waals surface area contributed by atoms with Crippen LogP contribution in [0.3, 0.4) is 0 Å². The van der Waals surface area contributed by atoms with Crippen molar-refractivity contribution in [2.45, 2.75) is 13.3 Å². The number of halogens is 2. The lowest BCUT2D eigenvalue weighted by Crippen LogP contribution is -2.16. The van der Waals surface area contributed by atoms with E-state index < -0.39 is 0 Å². The first-order valence-corrected chi connectivity index (χ1v) is 7.74. The fraction of sp³-hybridized carbons (Fsp3) is 0.200. The van der Waals surface area contributed by atoms with Gasteiger partial charge in [0.25, 0.3) is 5.91 Å². The van der Waals surface area contributed by atoms with Gasteiger partial charge in [0.15, 0.2) is 0 Å². The Kier molecular flexibility index (Phi) is 5.59. The number of hydrogen-bond donors (Lipinski definition) is 2. The number of nitrogens with one attached hydrogen (secondary N) is 2. The first-order chi connectivity index (χ1) is 10.1. The second kappa shape index (κ2) is 7.43. The zero-order valence-corrected chi connectivity index (χ0v) is 13.8. The summed E-state index contributed by atoms with van der Waals surface area (Å²) in [6, 6.07) is 8.76. The highest BCUT2D eigenvalue weighted by atomic mass is 79.9. The van der Waals surface area contributed by atoms with Crippen molar-refractivity contribution in [2.75, 3.05) is 17.2 Å². The summed E-state index contributed by atoms with van der Waals surface area (Å²) in [6.45, 7) is 2.81. The van der Waals surface area contributed by atoms with E-state index in [1.165, 1.54) is 0 Å². The molecule has 0 atom stereocenters. The molecule has 2 rings (SSSR count). The summed E-state index contributed by atoms with van der Waals surface area (Å²) in [5, 5.41) is 6.42. The van der Waals surface area contributed by atoms with Gasteiger partial charge in [-0.3, -0.25) is 4.79 Å². The summed E-state index contributed by atoms with van der Waals surface area (Å²) in [7, 11) is 0. The summed E-state index contributed by atoms with van der Waals surface area (Å²) >= 11 is 9.44. The van der Waals surface area contributed by atoms with E-state index in [9.17, 15) is 4.79 Å². The molecule has 0 spiro atoms. The molecule has 21 heavy (non-hydrogen) atoms. The van der Waals surface area contributed by atoms with Crippen LogP contribution in [0.1, 0.15) is 23.7 Å². The molecule has 1 amide bonds. The second-order valence-electron chi connectivity index (χ2n) is 4.40. The molecule has 0 aliphatic heterocycles. The van der Waals surface area contributed by atoms with Gasteiger partial charge in [-0.1, -0.05) is 34.5 Å². The van der Waals surface area contributed by atoms with E-state index in [2.05, 4.69) is 38.5 Å². The molecular weight excluding hydrogens is 354 g/mol. The van der Waals surface area contributed by atoms with E-state index in [0.717, 1.165) is 17.4 Å². The van der Waals surface area contributed by atoms with Crippen LogP contribution in [0.15, 0.2) is 41.0 Å². The van der Waals surface area contributed by atoms with Gasteiger partial charge >= 0.3 is 0 Å². The zero-order valence-electron chi connectivity index (χ0n) is 11.5. The van der Waals surface area contributed by atoms with Crippen molar-refractivity contribution in [3.05, 3.63) is 51.6 Å². The fourth-order valence-electron chi connectivity index (χ4n) is 1.75. The maximum absolute atomic E-state index is 12.4. The van der Waals surface area contributed by atoms with Crippen LogP contribution in [0.5, 0.6) is 0 Å². The molecule has 0 radical (unpaired) electrons. The van der Waals surface area contributed by atoms with Gasteiger partial charge in [-0.15, -0.1) is 0 Å². The first kappa shape index (κ1) is 15.8. The zero-order chi connectivity index (χ0) is 15.2. The van der Waals surface area contributed by atoms with Gasteiger partial charge in [-0.2, -0.15) is 0 Å². The molecule has 1 heterocycles. The summed E-state index contributed by atoms with van der Waals surface area (Å²) < 4.78 is 0.858. The lowest BCUT2D eigenvalue weighted by atomic mass is 10.2. The predicted molar refractivity (Wildman–Crippen MR) is 90.1 cm³/mol. The van der Waals surface area contributed by atoms with Crippen molar-refractivity contribution in [2.24, 2.45) is 0 Å². The summed E-state index contributed by atoms with van der Waals surface area (Å²) in [5.41, 5.74) is 1.06. The van der Waals surface area contributed by atoms with Crippen LogP contribution >= 0.6 is 27.5 Å². The van der Waals surface area contributed by atoms with Crippen molar-refractivity contribution >= 4 is 44.9 Å². The van der Waals surface area contributed by atoms with Crippen LogP contribution in [0.4, 0.5) is 11.5 Å². The number of aromatic nitrogens is 1. The smallest absolute Gasteiger partial charge is 0.259 e. The topological polar surface area (TPSA) is 54.0 Å². The molecule has 0 bridgehead atoms. The quantitative estimate of drug-likeness (QED) is 0.812. The minimum absolute atomic E-state index is 0.245. The van der Waals surface area contributed by atoms with E-state index in [-0.39, 0.29) is 5.91 Å². The van der Waals surface area contributed by atoms with E-state index >= 15 is 0 Å². The molecule has 0 aliphatic rings. The van der Waals surface area contributed by atoms with Gasteiger partial charge in [-0.25, -0.2) is 4.98 Å². The van der Waals surface area contributed by atoms with Crippen LogP contribution in [0.2, 0.25) is 5.02 Å². The first-order valence-electron chi connectivity index (χ1n) is 6.57. The Morgan fingerprint density at radius 2 is 2.19 bits per heavy atom. The molecular formula is C15H15BrClN3O. The highest BCUT2D eigenvalue weighted by molar-refractivity contribution is 9.10. The number of anilines is 2. The van der Waals surface area contributed by atoms with Crippen LogP contribution in [0, 0.1) is 0 Å². The number of nitrogens with zero attached hydrogens (tertiary/aromatic N) is 1. The number of carbonyl (C=O) groups is 1. The van der Waals surface area contributed by atoms with Crippen molar-refractivity contribution in [3.8, 4) is 0 Å². The highest BCUT2D eigenvalue weighted by Gasteiger charge is 2.13. The van der Waals surface area contributed by atoms with Crippen molar-refractivity contribution in [1.29, 1.82) is 0 Å². The molecule has 0 saturated carbocycles. The Balaban J connectivity index is 2.20. The van der Waals surface area contributed by atoms with E-state index in [1.807, 2.05) is 6.07 Å². The minimum atomic E-state index is -0.245. The average Bonchev–Trinajstić information content (AvgIpc) is 2.48. The Morgan fingerprint density at radius 3 is 2.90 bits per heavy atom. The van der Waals surface area contributed by atoms with E-state index in [0.29, 0.717) is 22.1 Å². The SMILES string of the molecule is CCCNc1ncccc1C(=O)Nc1ccc(Br)cc1Cl. The maximum atomic E-state index is 12.4. The monoisotopic (exact) mass is 367 g/mol. The molecule has 1 aromatic heterocycles. The van der Waals surface area contributed by atoms with Gasteiger partial charge in [-0.05, 0) is 36.8 Å². The molecule has 6 heteroatoms. The summed E-state index contributed by atoms with van der Waals surface area (Å²) in [5.74, 6) is 0.330. The van der Waals surface area contributed by atoms with Crippen molar-refractivity contribution in [1.82, 2.24) is 4.98 Å². The Bertz CT molecular complexity index is 649. The number of pyridine rings is 1. The molecule has 110 valence electrons. The van der Waals surface area contributed by atoms with Crippen LogP contribution < -0.4 is 10.6 Å². The Hall–Kier alpha value is -1.59. The Labute approximate surface area is 137 Å². The number of benzene rings is 1. The van der Waals surface area contributed by atoms with Crippen molar-refractivity contribution < 1.29 is 4.79 Å². The molecule has 0 unspecified atom stereocenters. The van der Waals surface area contributed by atoms with Gasteiger partial charge in [0.2, 0.25) is 0 Å². The van der Waals surface area contributed by atoms with Crippen LogP contribution in [-0.2, 0) is 0 Å². The predicted octanol–water partition coefficient (Wildman–Crippen LogP) is 4.57. The normalized spacial score (nSPS) is 10.2. The minimum Gasteiger partial charge on any atom is -0.369 e. The van der Waals surface area contributed by atoms with E-state index in [4.69, 9.17) is 11.6 Å². The molecule has 4 nitrogen and oxygen atoms in total. The molecule has 0 aliphatic carbocycles. The standard InChI is InChI=1S/C15H15BrClN3O/c1-2-7-18-14-11(4-3-8-19-14)15(21)20-13-6-5-10(16)9-12(13)17/h3-6,8-9H,2,7H2,1H3,(H,18,19)(H,20,21). The maximum Gasteiger partial charge on any atom is 0.259 e. The van der Waals surface area contributed by atoms with Crippen molar-refractivity contribution in [3.63, 3.8) is 0 Å². The number of amides is 1. The van der Waals surface area contributed by atoms with E-state index in [1.54, 1.807) is 30.5 Å². The molecule has 0 fully saturated rings. The van der Waals surface area contributed by atoms with Gasteiger partial charge in [0.1, 0.15) is 5.82 Å². The molecule has 1 aromatic carbocycles. The van der Waals surface area contributed by atoms with Crippen LogP contribution in [0.25, 0.3) is 0 Å². The largest absolute Gasteiger partial charge is 0.369 e. The molecule has 2 N–H and O–H groups in total. The molecule has 0 saturated heterocycles. The lowest BCUT2D eigenvalue weighted by molar-refractivity contribution is 0.102. The third-order valence-electron chi connectivity index (χ3n) is 2.77. The lowest BCUT2D eigenvalue weighted by Gasteiger charge is -2.11. The number of rotatable bonds is 5. The second-order valence-corrected chi connectivity index (χ2v) is 5.73. The summed E-state index contributed by atoms with van der Waals surface area (Å²) in [4.78, 5) is 16.6. The highest BCUT2D eigenvalue weighted by Crippen LogP contribution is 2.26. The van der Waals surface area contributed by atoms with Gasteiger partial charge in [0, 0.05) is 17.2 Å². The average molecular weight is 369 g/mol. The Morgan fingerprint density at radius 1 is 1.38 bits per heavy atom. The summed E-state index contributed by atoms with van der Waals surface area (Å²) in [6.07, 6.45) is 2.61. The third-order valence-corrected chi connectivity index (χ3v) is 3.58.